The Balaban J connectivity index is 1.74. The van der Waals surface area contributed by atoms with Crippen molar-refractivity contribution in [2.75, 3.05) is 32.8 Å². The van der Waals surface area contributed by atoms with Gasteiger partial charge in [-0.25, -0.2) is 0 Å². The molecule has 6 heteroatoms. The minimum atomic E-state index is -0.625. The van der Waals surface area contributed by atoms with E-state index in [0.717, 1.165) is 24.9 Å². The van der Waals surface area contributed by atoms with E-state index in [4.69, 9.17) is 14.7 Å². The van der Waals surface area contributed by atoms with E-state index in [1.165, 1.54) is 0 Å². The molecule has 6 nitrogen and oxygen atoms in total. The van der Waals surface area contributed by atoms with Gasteiger partial charge in [0, 0.05) is 13.1 Å². The van der Waals surface area contributed by atoms with E-state index in [1.807, 2.05) is 19.1 Å². The Morgan fingerprint density at radius 3 is 2.88 bits per heavy atom. The summed E-state index contributed by atoms with van der Waals surface area (Å²) in [5, 5.41) is 18.9. The summed E-state index contributed by atoms with van der Waals surface area (Å²) < 4.78 is 10.7. The smallest absolute Gasteiger partial charge is 0.310 e. The second-order valence-electron chi connectivity index (χ2n) is 6.29. The third-order valence-electron chi connectivity index (χ3n) is 4.24. The Kier molecular flexibility index (Phi) is 7.71. The van der Waals surface area contributed by atoms with Crippen LogP contribution >= 0.6 is 0 Å². The maximum atomic E-state index is 11.9. The van der Waals surface area contributed by atoms with E-state index in [-0.39, 0.29) is 18.5 Å². The van der Waals surface area contributed by atoms with Crippen LogP contribution < -0.4 is 4.74 Å². The molecular formula is C19H26N2O4. The van der Waals surface area contributed by atoms with Crippen molar-refractivity contribution in [2.24, 2.45) is 5.92 Å². The minimum Gasteiger partial charge on any atom is -0.491 e. The maximum absolute atomic E-state index is 11.9. The number of nitriles is 1. The van der Waals surface area contributed by atoms with Crippen molar-refractivity contribution in [3.63, 3.8) is 0 Å². The Morgan fingerprint density at radius 2 is 2.20 bits per heavy atom. The third kappa shape index (κ3) is 6.37. The first kappa shape index (κ1) is 19.2. The Bertz CT molecular complexity index is 582. The van der Waals surface area contributed by atoms with Crippen molar-refractivity contribution in [1.82, 2.24) is 4.90 Å². The molecule has 0 aromatic heterocycles. The van der Waals surface area contributed by atoms with Crippen LogP contribution in [0.5, 0.6) is 5.75 Å². The Hall–Kier alpha value is -2.10. The zero-order valence-electron chi connectivity index (χ0n) is 14.7. The molecule has 0 saturated carbocycles. The van der Waals surface area contributed by atoms with E-state index in [9.17, 15) is 9.90 Å². The quantitative estimate of drug-likeness (QED) is 0.722. The standard InChI is InChI=1S/C19H26N2O4/c1-2-24-19(23)16-4-3-11-21(12-16)13-17(22)14-25-18-7-5-15(6-8-18)9-10-20/h5-8,16-17,22H,2-4,9,11-14H2,1H3/t16-,17+/m0/s1. The van der Waals surface area contributed by atoms with Crippen molar-refractivity contribution in [1.29, 1.82) is 5.26 Å². The molecule has 0 spiro atoms. The van der Waals surface area contributed by atoms with Crippen LogP contribution in [-0.2, 0) is 16.0 Å². The number of ether oxygens (including phenoxy) is 2. The van der Waals surface area contributed by atoms with Crippen molar-refractivity contribution in [3.8, 4) is 11.8 Å². The first-order valence-corrected chi connectivity index (χ1v) is 8.78. The Labute approximate surface area is 149 Å². The van der Waals surface area contributed by atoms with Crippen LogP contribution in [0.4, 0.5) is 0 Å². The number of likely N-dealkylation sites (tertiary alicyclic amines) is 1. The molecule has 1 aliphatic rings. The topological polar surface area (TPSA) is 82.8 Å². The molecule has 0 amide bonds. The number of carbonyl (C=O) groups excluding carboxylic acids is 1. The zero-order chi connectivity index (χ0) is 18.1. The highest BCUT2D eigenvalue weighted by Gasteiger charge is 2.27. The van der Waals surface area contributed by atoms with Gasteiger partial charge in [0.1, 0.15) is 18.5 Å². The van der Waals surface area contributed by atoms with Crippen LogP contribution in [0.2, 0.25) is 0 Å². The molecule has 1 N–H and O–H groups in total. The van der Waals surface area contributed by atoms with Crippen LogP contribution in [0.1, 0.15) is 25.3 Å². The molecule has 1 aliphatic heterocycles. The number of β-amino-alcohol motifs (C(OH)–C–C–N with tert-alkyl or cyclic N) is 1. The molecule has 0 unspecified atom stereocenters. The van der Waals surface area contributed by atoms with E-state index in [1.54, 1.807) is 12.1 Å². The first-order valence-electron chi connectivity index (χ1n) is 8.78. The van der Waals surface area contributed by atoms with Crippen LogP contribution in [0.25, 0.3) is 0 Å². The van der Waals surface area contributed by atoms with Crippen molar-refractivity contribution in [2.45, 2.75) is 32.3 Å². The summed E-state index contributed by atoms with van der Waals surface area (Å²) in [5.41, 5.74) is 0.939. The summed E-state index contributed by atoms with van der Waals surface area (Å²) in [6, 6.07) is 9.40. The molecule has 0 radical (unpaired) electrons. The van der Waals surface area contributed by atoms with E-state index in [0.29, 0.717) is 31.9 Å². The van der Waals surface area contributed by atoms with Crippen LogP contribution in [0.15, 0.2) is 24.3 Å². The fraction of sp³-hybridized carbons (Fsp3) is 0.579. The molecule has 2 atom stereocenters. The number of esters is 1. The number of benzene rings is 1. The van der Waals surface area contributed by atoms with Crippen LogP contribution in [0, 0.1) is 17.2 Å². The number of piperidine rings is 1. The first-order chi connectivity index (χ1) is 12.1. The average Bonchev–Trinajstić information content (AvgIpc) is 2.62. The lowest BCUT2D eigenvalue weighted by molar-refractivity contribution is -0.150. The fourth-order valence-corrected chi connectivity index (χ4v) is 3.01. The van der Waals surface area contributed by atoms with Gasteiger partial charge >= 0.3 is 5.97 Å². The summed E-state index contributed by atoms with van der Waals surface area (Å²) in [4.78, 5) is 14.0. The normalized spacial score (nSPS) is 19.0. The van der Waals surface area contributed by atoms with Gasteiger partial charge in [-0.05, 0) is 44.0 Å². The number of aliphatic hydroxyl groups is 1. The summed E-state index contributed by atoms with van der Waals surface area (Å²) in [6.45, 7) is 4.38. The predicted octanol–water partition coefficient (Wildman–Crippen LogP) is 1.77. The van der Waals surface area contributed by atoms with Gasteiger partial charge in [0.25, 0.3) is 0 Å². The number of carbonyl (C=O) groups is 1. The molecular weight excluding hydrogens is 320 g/mol. The van der Waals surface area contributed by atoms with Crippen molar-refractivity contribution in [3.05, 3.63) is 29.8 Å². The van der Waals surface area contributed by atoms with Gasteiger partial charge < -0.3 is 14.6 Å². The molecule has 136 valence electrons. The molecule has 2 rings (SSSR count). The van der Waals surface area contributed by atoms with Gasteiger partial charge in [-0.3, -0.25) is 9.69 Å². The third-order valence-corrected chi connectivity index (χ3v) is 4.24. The van der Waals surface area contributed by atoms with Gasteiger partial charge in [-0.1, -0.05) is 12.1 Å². The van der Waals surface area contributed by atoms with E-state index in [2.05, 4.69) is 11.0 Å². The van der Waals surface area contributed by atoms with Crippen LogP contribution in [0.3, 0.4) is 0 Å². The number of nitrogens with zero attached hydrogens (tertiary/aromatic N) is 2. The van der Waals surface area contributed by atoms with Crippen molar-refractivity contribution < 1.29 is 19.4 Å². The van der Waals surface area contributed by atoms with E-state index < -0.39 is 6.10 Å². The highest BCUT2D eigenvalue weighted by molar-refractivity contribution is 5.72. The number of hydrogen-bond acceptors (Lipinski definition) is 6. The lowest BCUT2D eigenvalue weighted by Gasteiger charge is -2.32. The summed E-state index contributed by atoms with van der Waals surface area (Å²) >= 11 is 0. The number of hydrogen-bond donors (Lipinski definition) is 1. The Morgan fingerprint density at radius 1 is 1.44 bits per heavy atom. The maximum Gasteiger partial charge on any atom is 0.310 e. The largest absolute Gasteiger partial charge is 0.491 e. The van der Waals surface area contributed by atoms with Crippen molar-refractivity contribution >= 4 is 5.97 Å². The highest BCUT2D eigenvalue weighted by Crippen LogP contribution is 2.18. The van der Waals surface area contributed by atoms with Gasteiger partial charge in [0.2, 0.25) is 0 Å². The predicted molar refractivity (Wildman–Crippen MR) is 93.1 cm³/mol. The number of aliphatic hydroxyl groups excluding tert-OH is 1. The highest BCUT2D eigenvalue weighted by atomic mass is 16.5. The lowest BCUT2D eigenvalue weighted by Crippen LogP contribution is -2.44. The molecule has 1 saturated heterocycles. The molecule has 25 heavy (non-hydrogen) atoms. The zero-order valence-corrected chi connectivity index (χ0v) is 14.7. The fourth-order valence-electron chi connectivity index (χ4n) is 3.01. The van der Waals surface area contributed by atoms with Gasteiger partial charge in [-0.15, -0.1) is 0 Å². The summed E-state index contributed by atoms with van der Waals surface area (Å²) in [5.74, 6) is 0.425. The van der Waals surface area contributed by atoms with Gasteiger partial charge in [0.15, 0.2) is 0 Å². The molecule has 1 heterocycles. The molecule has 1 fully saturated rings. The van der Waals surface area contributed by atoms with Gasteiger partial charge in [0.05, 0.1) is 25.0 Å². The van der Waals surface area contributed by atoms with Crippen LogP contribution in [-0.4, -0.2) is 54.9 Å². The molecule has 0 aliphatic carbocycles. The molecule has 1 aromatic rings. The number of rotatable bonds is 8. The molecule has 0 bridgehead atoms. The van der Waals surface area contributed by atoms with E-state index >= 15 is 0 Å². The monoisotopic (exact) mass is 346 g/mol. The average molecular weight is 346 g/mol. The van der Waals surface area contributed by atoms with Gasteiger partial charge in [-0.2, -0.15) is 5.26 Å². The minimum absolute atomic E-state index is 0.102. The lowest BCUT2D eigenvalue weighted by atomic mass is 9.98. The second-order valence-corrected chi connectivity index (χ2v) is 6.29. The summed E-state index contributed by atoms with van der Waals surface area (Å²) in [6.07, 6.45) is 1.52. The molecule has 1 aromatic carbocycles. The SMILES string of the molecule is CCOC(=O)[C@H]1CCCN(C[C@@H](O)COc2ccc(CC#N)cc2)C1. The second kappa shape index (κ2) is 10.0. The summed E-state index contributed by atoms with van der Waals surface area (Å²) in [7, 11) is 0.